The van der Waals surface area contributed by atoms with Gasteiger partial charge in [0.15, 0.2) is 0 Å². The van der Waals surface area contributed by atoms with Gasteiger partial charge < -0.3 is 10.6 Å². The molecule has 2 nitrogen and oxygen atoms in total. The molecule has 0 radical (unpaired) electrons. The van der Waals surface area contributed by atoms with Gasteiger partial charge in [0, 0.05) is 18.8 Å². The Morgan fingerprint density at radius 2 is 1.95 bits per heavy atom. The standard InChI is InChI=1S/C18H30N2/c1-2-3-4-5-6-7-12-19-15-16-10-11-18-17(14-16)9-8-13-20-18/h10-11,14,19-20H,2-9,12-13,15H2,1H3. The van der Waals surface area contributed by atoms with Crippen LogP contribution in [0.2, 0.25) is 0 Å². The van der Waals surface area contributed by atoms with Gasteiger partial charge in [-0.25, -0.2) is 0 Å². The minimum absolute atomic E-state index is 1.02. The minimum Gasteiger partial charge on any atom is -0.385 e. The number of anilines is 1. The van der Waals surface area contributed by atoms with E-state index in [9.17, 15) is 0 Å². The van der Waals surface area contributed by atoms with Crippen LogP contribution in [0.25, 0.3) is 0 Å². The van der Waals surface area contributed by atoms with Crippen LogP contribution in [0.1, 0.15) is 63.0 Å². The monoisotopic (exact) mass is 274 g/mol. The van der Waals surface area contributed by atoms with Crippen LogP contribution in [-0.2, 0) is 13.0 Å². The van der Waals surface area contributed by atoms with Crippen LogP contribution in [0, 0.1) is 0 Å². The molecule has 2 N–H and O–H groups in total. The Kier molecular flexibility index (Phi) is 6.93. The van der Waals surface area contributed by atoms with E-state index in [1.807, 2.05) is 0 Å². The lowest BCUT2D eigenvalue weighted by atomic mass is 10.0. The van der Waals surface area contributed by atoms with Gasteiger partial charge in [-0.3, -0.25) is 0 Å². The molecule has 1 aliphatic heterocycles. The van der Waals surface area contributed by atoms with Gasteiger partial charge in [0.1, 0.15) is 0 Å². The lowest BCUT2D eigenvalue weighted by molar-refractivity contribution is 0.572. The quantitative estimate of drug-likeness (QED) is 0.648. The summed E-state index contributed by atoms with van der Waals surface area (Å²) in [7, 11) is 0. The molecule has 1 heterocycles. The van der Waals surface area contributed by atoms with Crippen LogP contribution in [0.4, 0.5) is 5.69 Å². The fourth-order valence-electron chi connectivity index (χ4n) is 2.90. The molecule has 0 amide bonds. The summed E-state index contributed by atoms with van der Waals surface area (Å²) in [4.78, 5) is 0. The number of unbranched alkanes of at least 4 members (excludes halogenated alkanes) is 5. The van der Waals surface area contributed by atoms with E-state index in [-0.39, 0.29) is 0 Å². The number of benzene rings is 1. The summed E-state index contributed by atoms with van der Waals surface area (Å²) >= 11 is 0. The van der Waals surface area contributed by atoms with Crippen LogP contribution in [0.3, 0.4) is 0 Å². The predicted molar refractivity (Wildman–Crippen MR) is 88.3 cm³/mol. The summed E-state index contributed by atoms with van der Waals surface area (Å²) in [6.45, 7) is 5.57. The lowest BCUT2D eigenvalue weighted by Crippen LogP contribution is -2.16. The number of rotatable bonds is 9. The zero-order valence-corrected chi connectivity index (χ0v) is 13.0. The van der Waals surface area contributed by atoms with Crippen molar-refractivity contribution in [3.8, 4) is 0 Å². The Balaban J connectivity index is 1.60. The fourth-order valence-corrected chi connectivity index (χ4v) is 2.90. The lowest BCUT2D eigenvalue weighted by Gasteiger charge is -2.18. The maximum absolute atomic E-state index is 3.58. The molecule has 2 heteroatoms. The van der Waals surface area contributed by atoms with Gasteiger partial charge in [0.25, 0.3) is 0 Å². The van der Waals surface area contributed by atoms with Gasteiger partial charge >= 0.3 is 0 Å². The second-order valence-corrected chi connectivity index (χ2v) is 5.97. The van der Waals surface area contributed by atoms with Crippen LogP contribution < -0.4 is 10.6 Å². The van der Waals surface area contributed by atoms with E-state index in [4.69, 9.17) is 0 Å². The molecule has 0 saturated heterocycles. The number of aryl methyl sites for hydroxylation is 1. The van der Waals surface area contributed by atoms with E-state index in [1.54, 1.807) is 0 Å². The molecule has 2 rings (SSSR count). The Morgan fingerprint density at radius 3 is 2.85 bits per heavy atom. The Bertz CT molecular complexity index is 387. The first-order valence-corrected chi connectivity index (χ1v) is 8.46. The largest absolute Gasteiger partial charge is 0.385 e. The average molecular weight is 274 g/mol. The first kappa shape index (κ1) is 15.4. The number of hydrogen-bond donors (Lipinski definition) is 2. The van der Waals surface area contributed by atoms with Crippen LogP contribution in [0.5, 0.6) is 0 Å². The van der Waals surface area contributed by atoms with Gasteiger partial charge in [-0.15, -0.1) is 0 Å². The van der Waals surface area contributed by atoms with Crippen molar-refractivity contribution in [3.05, 3.63) is 29.3 Å². The molecule has 0 unspecified atom stereocenters. The van der Waals surface area contributed by atoms with Crippen molar-refractivity contribution in [2.24, 2.45) is 0 Å². The number of fused-ring (bicyclic) bond motifs is 1. The Labute approximate surface area is 124 Å². The maximum Gasteiger partial charge on any atom is 0.0372 e. The van der Waals surface area contributed by atoms with E-state index in [0.717, 1.165) is 19.6 Å². The second kappa shape index (κ2) is 9.02. The van der Waals surface area contributed by atoms with E-state index >= 15 is 0 Å². The zero-order valence-electron chi connectivity index (χ0n) is 13.0. The molecule has 1 aliphatic rings. The highest BCUT2D eigenvalue weighted by atomic mass is 14.9. The third-order valence-corrected chi connectivity index (χ3v) is 4.14. The van der Waals surface area contributed by atoms with Gasteiger partial charge in [-0.05, 0) is 43.0 Å². The molecule has 0 aliphatic carbocycles. The SMILES string of the molecule is CCCCCCCCNCc1ccc2c(c1)CCCN2. The molecule has 112 valence electrons. The topological polar surface area (TPSA) is 24.1 Å². The fraction of sp³-hybridized carbons (Fsp3) is 0.667. The average Bonchev–Trinajstić information content (AvgIpc) is 2.50. The van der Waals surface area contributed by atoms with Crippen molar-refractivity contribution in [1.29, 1.82) is 0 Å². The Morgan fingerprint density at radius 1 is 1.10 bits per heavy atom. The number of hydrogen-bond acceptors (Lipinski definition) is 2. The molecular formula is C18H30N2. The number of nitrogens with one attached hydrogen (secondary N) is 2. The molecule has 0 atom stereocenters. The van der Waals surface area contributed by atoms with Crippen molar-refractivity contribution in [2.45, 2.75) is 64.8 Å². The van der Waals surface area contributed by atoms with E-state index in [1.165, 1.54) is 68.2 Å². The first-order valence-electron chi connectivity index (χ1n) is 8.46. The molecule has 20 heavy (non-hydrogen) atoms. The van der Waals surface area contributed by atoms with Gasteiger partial charge in [0.05, 0.1) is 0 Å². The van der Waals surface area contributed by atoms with Crippen molar-refractivity contribution in [3.63, 3.8) is 0 Å². The van der Waals surface area contributed by atoms with Crippen molar-refractivity contribution < 1.29 is 0 Å². The zero-order chi connectivity index (χ0) is 14.0. The summed E-state index contributed by atoms with van der Waals surface area (Å²) in [6, 6.07) is 6.87. The second-order valence-electron chi connectivity index (χ2n) is 5.97. The molecular weight excluding hydrogens is 244 g/mol. The third-order valence-electron chi connectivity index (χ3n) is 4.14. The van der Waals surface area contributed by atoms with Crippen molar-refractivity contribution >= 4 is 5.69 Å². The summed E-state index contributed by atoms with van der Waals surface area (Å²) in [6.07, 6.45) is 10.7. The Hall–Kier alpha value is -1.02. The van der Waals surface area contributed by atoms with Gasteiger partial charge in [-0.1, -0.05) is 51.2 Å². The third kappa shape index (κ3) is 5.16. The minimum atomic E-state index is 1.02. The van der Waals surface area contributed by atoms with Crippen molar-refractivity contribution in [2.75, 3.05) is 18.4 Å². The van der Waals surface area contributed by atoms with Crippen LogP contribution in [0.15, 0.2) is 18.2 Å². The highest BCUT2D eigenvalue weighted by Crippen LogP contribution is 2.22. The molecule has 1 aromatic carbocycles. The maximum atomic E-state index is 3.58. The highest BCUT2D eigenvalue weighted by molar-refractivity contribution is 5.54. The summed E-state index contributed by atoms with van der Waals surface area (Å²) in [5.41, 5.74) is 4.27. The van der Waals surface area contributed by atoms with Crippen LogP contribution in [-0.4, -0.2) is 13.1 Å². The smallest absolute Gasteiger partial charge is 0.0372 e. The van der Waals surface area contributed by atoms with Gasteiger partial charge in [0.2, 0.25) is 0 Å². The summed E-state index contributed by atoms with van der Waals surface area (Å²) in [5.74, 6) is 0. The van der Waals surface area contributed by atoms with E-state index < -0.39 is 0 Å². The molecule has 0 bridgehead atoms. The normalized spacial score (nSPS) is 13.8. The predicted octanol–water partition coefficient (Wildman–Crippen LogP) is 4.49. The van der Waals surface area contributed by atoms with Gasteiger partial charge in [-0.2, -0.15) is 0 Å². The summed E-state index contributed by atoms with van der Waals surface area (Å²) in [5, 5.41) is 7.05. The van der Waals surface area contributed by atoms with E-state index in [2.05, 4.69) is 35.8 Å². The molecule has 0 fully saturated rings. The van der Waals surface area contributed by atoms with Crippen LogP contribution >= 0.6 is 0 Å². The summed E-state index contributed by atoms with van der Waals surface area (Å²) < 4.78 is 0. The molecule has 0 spiro atoms. The molecule has 0 aromatic heterocycles. The first-order chi connectivity index (χ1) is 9.90. The van der Waals surface area contributed by atoms with Crippen molar-refractivity contribution in [1.82, 2.24) is 5.32 Å². The highest BCUT2D eigenvalue weighted by Gasteiger charge is 2.08. The molecule has 1 aromatic rings. The molecule has 0 saturated carbocycles. The van der Waals surface area contributed by atoms with E-state index in [0.29, 0.717) is 0 Å².